The number of anilines is 2. The average molecular weight is 696 g/mol. The van der Waals surface area contributed by atoms with Crippen molar-refractivity contribution in [3.8, 4) is 28.8 Å². The van der Waals surface area contributed by atoms with E-state index >= 15 is 0 Å². The smallest absolute Gasteiger partial charge is 0.256 e. The Balaban J connectivity index is 0.956. The van der Waals surface area contributed by atoms with Gasteiger partial charge in [-0.25, -0.2) is 14.6 Å². The number of benzene rings is 1. The van der Waals surface area contributed by atoms with Crippen molar-refractivity contribution >= 4 is 11.6 Å². The monoisotopic (exact) mass is 695 g/mol. The largest absolute Gasteiger partial charge is 0.487 e. The first-order valence-electron chi connectivity index (χ1n) is 18.3. The third-order valence-electron chi connectivity index (χ3n) is 10.8. The van der Waals surface area contributed by atoms with Crippen LogP contribution in [0.1, 0.15) is 69.9 Å². The summed E-state index contributed by atoms with van der Waals surface area (Å²) in [5.74, 6) is 1.94. The van der Waals surface area contributed by atoms with Crippen molar-refractivity contribution in [1.82, 2.24) is 44.9 Å². The molecule has 268 valence electrons. The maximum atomic E-state index is 9.70. The van der Waals surface area contributed by atoms with Crippen molar-refractivity contribution < 1.29 is 18.9 Å². The van der Waals surface area contributed by atoms with Gasteiger partial charge in [0.05, 0.1) is 44.2 Å². The summed E-state index contributed by atoms with van der Waals surface area (Å²) in [6, 6.07) is 9.79. The zero-order valence-electron chi connectivity index (χ0n) is 29.0. The third-order valence-corrected chi connectivity index (χ3v) is 10.8. The number of ether oxygens (including phenoxy) is 4. The Morgan fingerprint density at radius 1 is 0.941 bits per heavy atom. The average Bonchev–Trinajstić information content (AvgIpc) is 3.89. The number of hydrogen-bond donors (Lipinski definition) is 1. The summed E-state index contributed by atoms with van der Waals surface area (Å²) in [6.45, 7) is 6.25. The highest BCUT2D eigenvalue weighted by Crippen LogP contribution is 2.40. The number of nitriles is 1. The summed E-state index contributed by atoms with van der Waals surface area (Å²) >= 11 is 0. The first kappa shape index (κ1) is 33.5. The Labute approximate surface area is 297 Å². The van der Waals surface area contributed by atoms with Gasteiger partial charge in [0.1, 0.15) is 29.9 Å². The lowest BCUT2D eigenvalue weighted by Gasteiger charge is -2.43. The molecule has 51 heavy (non-hydrogen) atoms. The predicted molar refractivity (Wildman–Crippen MR) is 185 cm³/mol. The van der Waals surface area contributed by atoms with E-state index in [-0.39, 0.29) is 6.10 Å². The molecule has 15 heteroatoms. The molecule has 3 atom stereocenters. The standard InChI is InChI=1S/C36H45N11O4/c1-24(18-45-23-40-43-44-45)51-34-14-26(2-3-27(34)15-37)28-16-38-36(39-17-28)41-33-19-46(42-35(33)50-20-25-10-12-48-13-11-25)29-4-6-30(7-5-29)47-31-8-9-32(47)22-49-21-31/h2-3,14,16-17,19,23-25,29-32H,4-13,18,20-22H2,1H3,(H,38,39,41)/t24-,29-,30-,31-,32+/m0/s1. The quantitative estimate of drug-likeness (QED) is 0.220. The predicted octanol–water partition coefficient (Wildman–Crippen LogP) is 4.56. The molecule has 3 aromatic heterocycles. The van der Waals surface area contributed by atoms with E-state index in [9.17, 15) is 5.26 Å². The Morgan fingerprint density at radius 2 is 1.69 bits per heavy atom. The second-order valence-corrected chi connectivity index (χ2v) is 14.2. The molecule has 1 aliphatic carbocycles. The van der Waals surface area contributed by atoms with Gasteiger partial charge in [0.15, 0.2) is 0 Å². The molecule has 0 amide bonds. The summed E-state index contributed by atoms with van der Waals surface area (Å²) in [5.41, 5.74) is 2.82. The SMILES string of the molecule is C[C@@H](Cn1cnnn1)Oc1cc(-c2cnc(Nc3cn([C@H]4CC[C@H](N5[C@@H]6CC[C@H]5COC6)CC4)nc3OCC3CCOCC3)nc2)ccc1C#N. The van der Waals surface area contributed by atoms with Gasteiger partial charge in [0, 0.05) is 49.3 Å². The Morgan fingerprint density at radius 3 is 2.41 bits per heavy atom. The molecule has 8 rings (SSSR count). The van der Waals surface area contributed by atoms with Gasteiger partial charge < -0.3 is 24.3 Å². The summed E-state index contributed by atoms with van der Waals surface area (Å²) in [7, 11) is 0. The molecule has 0 spiro atoms. The Bertz CT molecular complexity index is 1760. The van der Waals surface area contributed by atoms with Gasteiger partial charge in [-0.1, -0.05) is 6.07 Å². The Hall–Kier alpha value is -4.65. The van der Waals surface area contributed by atoms with Crippen LogP contribution in [-0.2, 0) is 16.0 Å². The molecule has 0 unspecified atom stereocenters. The normalized spacial score (nSPS) is 24.5. The molecule has 6 heterocycles. The minimum Gasteiger partial charge on any atom is -0.487 e. The topological polar surface area (TPSA) is 163 Å². The fourth-order valence-corrected chi connectivity index (χ4v) is 8.08. The van der Waals surface area contributed by atoms with E-state index in [0.717, 1.165) is 68.9 Å². The van der Waals surface area contributed by atoms with Gasteiger partial charge >= 0.3 is 0 Å². The van der Waals surface area contributed by atoms with Crippen LogP contribution >= 0.6 is 0 Å². The molecule has 4 fully saturated rings. The molecule has 15 nitrogen and oxygen atoms in total. The zero-order valence-corrected chi connectivity index (χ0v) is 29.0. The van der Waals surface area contributed by atoms with E-state index in [1.54, 1.807) is 23.1 Å². The number of morpholine rings is 1. The van der Waals surface area contributed by atoms with Gasteiger partial charge in [-0.2, -0.15) is 5.26 Å². The van der Waals surface area contributed by atoms with Gasteiger partial charge in [0.25, 0.3) is 5.88 Å². The van der Waals surface area contributed by atoms with Crippen LogP contribution in [0.4, 0.5) is 11.6 Å². The highest BCUT2D eigenvalue weighted by Gasteiger charge is 2.42. The van der Waals surface area contributed by atoms with Gasteiger partial charge in [-0.15, -0.1) is 10.2 Å². The Kier molecular flexibility index (Phi) is 10.0. The second kappa shape index (κ2) is 15.3. The van der Waals surface area contributed by atoms with Crippen molar-refractivity contribution in [2.45, 2.75) is 95.1 Å². The number of nitrogens with one attached hydrogen (secondary N) is 1. The third kappa shape index (κ3) is 7.68. The lowest BCUT2D eigenvalue weighted by molar-refractivity contribution is -0.0458. The first-order chi connectivity index (χ1) is 25.1. The first-order valence-corrected chi connectivity index (χ1v) is 18.3. The van der Waals surface area contributed by atoms with E-state index in [4.69, 9.17) is 24.0 Å². The number of tetrazole rings is 1. The molecule has 1 saturated carbocycles. The molecular weight excluding hydrogens is 650 g/mol. The molecule has 1 aromatic carbocycles. The van der Waals surface area contributed by atoms with Crippen molar-refractivity contribution in [3.05, 3.63) is 48.7 Å². The van der Waals surface area contributed by atoms with Crippen LogP contribution in [0.2, 0.25) is 0 Å². The van der Waals surface area contributed by atoms with E-state index in [1.807, 2.05) is 19.1 Å². The number of rotatable bonds is 12. The molecule has 0 radical (unpaired) electrons. The number of hydrogen-bond acceptors (Lipinski definition) is 13. The van der Waals surface area contributed by atoms with Gasteiger partial charge in [0.2, 0.25) is 5.95 Å². The molecule has 3 aliphatic heterocycles. The van der Waals surface area contributed by atoms with Gasteiger partial charge in [-0.3, -0.25) is 9.58 Å². The highest BCUT2D eigenvalue weighted by molar-refractivity contribution is 5.67. The molecular formula is C36H45N11O4. The number of aromatic nitrogens is 8. The van der Waals surface area contributed by atoms with Crippen LogP contribution in [0.15, 0.2) is 43.1 Å². The van der Waals surface area contributed by atoms with E-state index < -0.39 is 0 Å². The molecule has 4 aromatic rings. The lowest BCUT2D eigenvalue weighted by atomic mass is 9.89. The van der Waals surface area contributed by atoms with Crippen molar-refractivity contribution in [3.63, 3.8) is 0 Å². The van der Waals surface area contributed by atoms with Crippen LogP contribution in [0.3, 0.4) is 0 Å². The van der Waals surface area contributed by atoms with Crippen molar-refractivity contribution in [2.75, 3.05) is 38.4 Å². The summed E-state index contributed by atoms with van der Waals surface area (Å²) in [5, 5.41) is 29.3. The number of fused-ring (bicyclic) bond motifs is 2. The lowest BCUT2D eigenvalue weighted by Crippen LogP contribution is -2.52. The molecule has 3 saturated heterocycles. The fraction of sp³-hybridized carbons (Fsp3) is 0.583. The van der Waals surface area contributed by atoms with E-state index in [2.05, 4.69) is 52.7 Å². The minimum absolute atomic E-state index is 0.266. The number of nitrogens with zero attached hydrogens (tertiary/aromatic N) is 10. The van der Waals surface area contributed by atoms with Crippen LogP contribution < -0.4 is 14.8 Å². The zero-order chi connectivity index (χ0) is 34.6. The van der Waals surface area contributed by atoms with E-state index in [0.29, 0.717) is 66.4 Å². The van der Waals surface area contributed by atoms with Crippen molar-refractivity contribution in [1.29, 1.82) is 5.26 Å². The molecule has 4 aliphatic rings. The summed E-state index contributed by atoms with van der Waals surface area (Å²) < 4.78 is 27.6. The maximum Gasteiger partial charge on any atom is 0.256 e. The van der Waals surface area contributed by atoms with Crippen LogP contribution in [-0.4, -0.2) is 102 Å². The summed E-state index contributed by atoms with van der Waals surface area (Å²) in [6.07, 6.45) is 15.9. The van der Waals surface area contributed by atoms with Gasteiger partial charge in [-0.05, 0) is 92.3 Å². The highest BCUT2D eigenvalue weighted by atomic mass is 16.5. The van der Waals surface area contributed by atoms with Crippen LogP contribution in [0.5, 0.6) is 11.6 Å². The maximum absolute atomic E-state index is 9.70. The summed E-state index contributed by atoms with van der Waals surface area (Å²) in [4.78, 5) is 12.1. The molecule has 1 N–H and O–H groups in total. The van der Waals surface area contributed by atoms with E-state index in [1.165, 1.54) is 32.0 Å². The second-order valence-electron chi connectivity index (χ2n) is 14.2. The minimum atomic E-state index is -0.266. The fourth-order valence-electron chi connectivity index (χ4n) is 8.08. The van der Waals surface area contributed by atoms with Crippen molar-refractivity contribution in [2.24, 2.45) is 5.92 Å². The molecule has 2 bridgehead atoms. The van der Waals surface area contributed by atoms with Crippen LogP contribution in [0, 0.1) is 17.2 Å². The van der Waals surface area contributed by atoms with Crippen LogP contribution in [0.25, 0.3) is 11.1 Å².